The first-order valence-electron chi connectivity index (χ1n) is 6.06. The van der Waals surface area contributed by atoms with Gasteiger partial charge in [0.25, 0.3) is 0 Å². The molecule has 104 valence electrons. The molecule has 2 aromatic carbocycles. The van der Waals surface area contributed by atoms with Gasteiger partial charge < -0.3 is 11.1 Å². The molecule has 2 rings (SSSR count). The van der Waals surface area contributed by atoms with Crippen molar-refractivity contribution >= 4 is 22.9 Å². The summed E-state index contributed by atoms with van der Waals surface area (Å²) in [6, 6.07) is 10.6. The largest absolute Gasteiger partial charge is 0.389 e. The van der Waals surface area contributed by atoms with Gasteiger partial charge in [-0.3, -0.25) is 0 Å². The summed E-state index contributed by atoms with van der Waals surface area (Å²) >= 11 is 4.66. The first kappa shape index (κ1) is 14.4. The first-order valence-corrected chi connectivity index (χ1v) is 6.47. The summed E-state index contributed by atoms with van der Waals surface area (Å²) < 4.78 is 27.5. The van der Waals surface area contributed by atoms with E-state index in [0.717, 1.165) is 11.1 Å². The highest BCUT2D eigenvalue weighted by Gasteiger charge is 2.14. The summed E-state index contributed by atoms with van der Waals surface area (Å²) in [7, 11) is 0. The molecule has 0 bridgehead atoms. The summed E-state index contributed by atoms with van der Waals surface area (Å²) in [4.78, 5) is -0.161. The van der Waals surface area contributed by atoms with Crippen molar-refractivity contribution in [2.75, 3.05) is 5.32 Å². The van der Waals surface area contributed by atoms with Gasteiger partial charge in [-0.2, -0.15) is 0 Å². The third-order valence-corrected chi connectivity index (χ3v) is 3.17. The third-order valence-electron chi connectivity index (χ3n) is 2.95. The van der Waals surface area contributed by atoms with Crippen molar-refractivity contribution in [1.29, 1.82) is 0 Å². The maximum Gasteiger partial charge on any atom is 0.182 e. The molecule has 0 heterocycles. The number of benzene rings is 2. The van der Waals surface area contributed by atoms with E-state index in [1.54, 1.807) is 0 Å². The van der Waals surface area contributed by atoms with Crippen LogP contribution >= 0.6 is 12.2 Å². The average Bonchev–Trinajstić information content (AvgIpc) is 2.42. The zero-order valence-corrected chi connectivity index (χ0v) is 11.7. The van der Waals surface area contributed by atoms with E-state index < -0.39 is 11.6 Å². The van der Waals surface area contributed by atoms with E-state index in [2.05, 4.69) is 17.5 Å². The van der Waals surface area contributed by atoms with E-state index >= 15 is 0 Å². The minimum Gasteiger partial charge on any atom is -0.389 e. The van der Waals surface area contributed by atoms with Gasteiger partial charge in [-0.1, -0.05) is 42.0 Å². The van der Waals surface area contributed by atoms with Crippen molar-refractivity contribution in [1.82, 2.24) is 0 Å². The summed E-state index contributed by atoms with van der Waals surface area (Å²) in [5.41, 5.74) is 7.44. The normalized spacial score (nSPS) is 10.3. The lowest BCUT2D eigenvalue weighted by atomic mass is 10.1. The number of thiocarbonyl (C=S) groups is 1. The van der Waals surface area contributed by atoms with Crippen molar-refractivity contribution in [3.05, 3.63) is 64.7 Å². The van der Waals surface area contributed by atoms with Crippen LogP contribution in [0.2, 0.25) is 0 Å². The molecule has 0 saturated heterocycles. The number of halogens is 2. The van der Waals surface area contributed by atoms with Gasteiger partial charge in [-0.15, -0.1) is 0 Å². The number of hydrogen-bond acceptors (Lipinski definition) is 2. The van der Waals surface area contributed by atoms with Gasteiger partial charge in [-0.25, -0.2) is 8.78 Å². The van der Waals surface area contributed by atoms with Crippen molar-refractivity contribution in [2.45, 2.75) is 13.5 Å². The quantitative estimate of drug-likeness (QED) is 0.847. The number of rotatable bonds is 4. The number of hydrogen-bond donors (Lipinski definition) is 2. The molecule has 0 fully saturated rings. The molecule has 0 aliphatic rings. The van der Waals surface area contributed by atoms with Crippen LogP contribution < -0.4 is 11.1 Å². The van der Waals surface area contributed by atoms with E-state index in [1.165, 1.54) is 12.1 Å². The monoisotopic (exact) mass is 292 g/mol. The number of nitrogens with one attached hydrogen (secondary N) is 1. The summed E-state index contributed by atoms with van der Waals surface area (Å²) in [5.74, 6) is -1.99. The second-order valence-electron chi connectivity index (χ2n) is 4.49. The molecule has 0 aromatic heterocycles. The summed E-state index contributed by atoms with van der Waals surface area (Å²) in [6.45, 7) is 2.39. The minimum atomic E-state index is -1.02. The molecule has 0 unspecified atom stereocenters. The topological polar surface area (TPSA) is 38.0 Å². The fraction of sp³-hybridized carbons (Fsp3) is 0.133. The molecule has 20 heavy (non-hydrogen) atoms. The van der Waals surface area contributed by atoms with Crippen LogP contribution in [0.3, 0.4) is 0 Å². The predicted molar refractivity (Wildman–Crippen MR) is 80.8 cm³/mol. The Morgan fingerprint density at radius 2 is 1.75 bits per heavy atom. The molecule has 0 aliphatic heterocycles. The van der Waals surface area contributed by atoms with E-state index in [0.29, 0.717) is 6.54 Å². The van der Waals surface area contributed by atoms with Crippen LogP contribution in [-0.2, 0) is 6.54 Å². The maximum atomic E-state index is 13.8. The zero-order valence-electron chi connectivity index (χ0n) is 10.9. The fourth-order valence-corrected chi connectivity index (χ4v) is 1.94. The van der Waals surface area contributed by atoms with Crippen LogP contribution in [0.15, 0.2) is 36.4 Å². The van der Waals surface area contributed by atoms with E-state index in [-0.39, 0.29) is 16.2 Å². The molecular formula is C15H14F2N2S. The van der Waals surface area contributed by atoms with Gasteiger partial charge in [0.15, 0.2) is 11.6 Å². The number of nitrogens with two attached hydrogens (primary N) is 1. The van der Waals surface area contributed by atoms with Gasteiger partial charge in [-0.05, 0) is 24.6 Å². The van der Waals surface area contributed by atoms with Gasteiger partial charge in [0, 0.05) is 12.1 Å². The van der Waals surface area contributed by atoms with E-state index in [1.807, 2.05) is 31.2 Å². The van der Waals surface area contributed by atoms with Gasteiger partial charge >= 0.3 is 0 Å². The molecule has 0 spiro atoms. The SMILES string of the molecule is Cc1ccc(CNc2ccc(C(N)=S)c(F)c2F)cc1. The van der Waals surface area contributed by atoms with Gasteiger partial charge in [0.05, 0.1) is 5.69 Å². The molecule has 0 amide bonds. The lowest BCUT2D eigenvalue weighted by Gasteiger charge is -2.10. The maximum absolute atomic E-state index is 13.8. The van der Waals surface area contributed by atoms with Gasteiger partial charge in [0.1, 0.15) is 4.99 Å². The third kappa shape index (κ3) is 3.11. The second-order valence-corrected chi connectivity index (χ2v) is 4.93. The van der Waals surface area contributed by atoms with Crippen LogP contribution in [0.5, 0.6) is 0 Å². The van der Waals surface area contributed by atoms with Crippen molar-refractivity contribution in [3.63, 3.8) is 0 Å². The predicted octanol–water partition coefficient (Wildman–Crippen LogP) is 3.52. The van der Waals surface area contributed by atoms with Crippen LogP contribution in [0.4, 0.5) is 14.5 Å². The highest BCUT2D eigenvalue weighted by Crippen LogP contribution is 2.21. The Morgan fingerprint density at radius 3 is 2.35 bits per heavy atom. The number of anilines is 1. The molecular weight excluding hydrogens is 278 g/mol. The molecule has 0 radical (unpaired) electrons. The van der Waals surface area contributed by atoms with Gasteiger partial charge in [0.2, 0.25) is 0 Å². The zero-order chi connectivity index (χ0) is 14.7. The smallest absolute Gasteiger partial charge is 0.182 e. The molecule has 0 atom stereocenters. The lowest BCUT2D eigenvalue weighted by Crippen LogP contribution is -2.14. The van der Waals surface area contributed by atoms with Crippen LogP contribution in [-0.4, -0.2) is 4.99 Å². The van der Waals surface area contributed by atoms with Crippen molar-refractivity contribution < 1.29 is 8.78 Å². The Labute approximate surface area is 121 Å². The second kappa shape index (κ2) is 5.96. The lowest BCUT2D eigenvalue weighted by molar-refractivity contribution is 0.509. The van der Waals surface area contributed by atoms with Crippen molar-refractivity contribution in [3.8, 4) is 0 Å². The van der Waals surface area contributed by atoms with Crippen molar-refractivity contribution in [2.24, 2.45) is 5.73 Å². The standard InChI is InChI=1S/C15H14F2N2S/c1-9-2-4-10(5-3-9)8-19-12-7-6-11(15(18)20)13(16)14(12)17/h2-7,19H,8H2,1H3,(H2,18,20). The van der Waals surface area contributed by atoms with Crippen LogP contribution in [0, 0.1) is 18.6 Å². The Kier molecular flexibility index (Phi) is 4.29. The van der Waals surface area contributed by atoms with E-state index in [9.17, 15) is 8.78 Å². The Morgan fingerprint density at radius 1 is 1.10 bits per heavy atom. The van der Waals surface area contributed by atoms with E-state index in [4.69, 9.17) is 5.73 Å². The Hall–Kier alpha value is -2.01. The Bertz CT molecular complexity index is 639. The Balaban J connectivity index is 2.16. The summed E-state index contributed by atoms with van der Waals surface area (Å²) in [6.07, 6.45) is 0. The number of aryl methyl sites for hydroxylation is 1. The average molecular weight is 292 g/mol. The summed E-state index contributed by atoms with van der Waals surface area (Å²) in [5, 5.41) is 2.86. The molecule has 3 N–H and O–H groups in total. The highest BCUT2D eigenvalue weighted by molar-refractivity contribution is 7.80. The molecule has 2 nitrogen and oxygen atoms in total. The van der Waals surface area contributed by atoms with Crippen LogP contribution in [0.1, 0.15) is 16.7 Å². The van der Waals surface area contributed by atoms with Crippen LogP contribution in [0.25, 0.3) is 0 Å². The molecule has 5 heteroatoms. The molecule has 2 aromatic rings. The first-order chi connectivity index (χ1) is 9.49. The fourth-order valence-electron chi connectivity index (χ4n) is 1.78. The molecule has 0 saturated carbocycles. The highest BCUT2D eigenvalue weighted by atomic mass is 32.1. The molecule has 0 aliphatic carbocycles. The minimum absolute atomic E-state index is 0.0848.